The Kier molecular flexibility index (Phi) is 37.4. The average molecular weight is 849 g/mol. The van der Waals surface area contributed by atoms with Crippen LogP contribution in [0, 0.1) is 0 Å². The monoisotopic (exact) mass is 849 g/mol. The summed E-state index contributed by atoms with van der Waals surface area (Å²) in [5.74, 6) is -0.973. The van der Waals surface area contributed by atoms with Crippen molar-refractivity contribution in [2.24, 2.45) is 0 Å². The van der Waals surface area contributed by atoms with E-state index in [0.29, 0.717) is 36.7 Å². The number of allylic oxidation sites excluding steroid dienone is 12. The third kappa shape index (κ3) is 43.1. The number of hydrogen-bond donors (Lipinski definition) is 2. The summed E-state index contributed by atoms with van der Waals surface area (Å²) in [6, 6.07) is 0. The van der Waals surface area contributed by atoms with Crippen LogP contribution in [0.5, 0.6) is 0 Å². The third-order valence-electron chi connectivity index (χ3n) is 8.98. The fourth-order valence-corrected chi connectivity index (χ4v) is 6.14. The number of aliphatic hydroxyl groups excluding tert-OH is 1. The molecular weight excluding hydrogens is 766 g/mol. The Bertz CT molecular complexity index is 1300. The molecule has 0 radical (unpaired) electrons. The van der Waals surface area contributed by atoms with Crippen molar-refractivity contribution in [3.05, 3.63) is 85.1 Å². The number of quaternary nitrogens is 1. The molecule has 0 aromatic rings. The standard InChI is InChI=1S/C48H82NO9P/c1-6-8-10-12-14-15-16-17-18-19-20-21-22-23-27-31-35-39-47(51)55-43-46(44-57-59(53,54)56-42-41-49(3,4)5)58-48(52)40-36-32-28-25-24-26-30-34-38-45(50)37-33-29-13-11-9-7-2/h17-18,20-21,23,25-30,33-34,38,45-46,50H,6-16,19,22,24,31-32,35-37,39-44H2,1-5H3/p+1/b18-17-,21-20-,27-23-,28-25-,30-26-,33-29-,38-34+/t45-,46+/m0/s1. The Morgan fingerprint density at radius 3 is 1.75 bits per heavy atom. The molecule has 0 bridgehead atoms. The molecule has 0 spiro atoms. The summed E-state index contributed by atoms with van der Waals surface area (Å²) >= 11 is 0. The molecule has 10 nitrogen and oxygen atoms in total. The lowest BCUT2D eigenvalue weighted by molar-refractivity contribution is -0.870. The molecular formula is C48H83NO9P+. The molecule has 0 aromatic heterocycles. The van der Waals surface area contributed by atoms with Crippen LogP contribution in [0.3, 0.4) is 0 Å². The molecule has 59 heavy (non-hydrogen) atoms. The fraction of sp³-hybridized carbons (Fsp3) is 0.667. The molecule has 0 fully saturated rings. The van der Waals surface area contributed by atoms with Crippen LogP contribution in [0.2, 0.25) is 0 Å². The fourth-order valence-electron chi connectivity index (χ4n) is 5.40. The first-order chi connectivity index (χ1) is 28.4. The molecule has 0 aliphatic carbocycles. The average Bonchev–Trinajstić information content (AvgIpc) is 3.18. The lowest BCUT2D eigenvalue weighted by Gasteiger charge is -2.24. The molecule has 0 amide bonds. The molecule has 0 saturated heterocycles. The van der Waals surface area contributed by atoms with Gasteiger partial charge in [0.2, 0.25) is 0 Å². The van der Waals surface area contributed by atoms with E-state index in [4.69, 9.17) is 18.5 Å². The lowest BCUT2D eigenvalue weighted by Crippen LogP contribution is -2.37. The zero-order chi connectivity index (χ0) is 43.7. The van der Waals surface area contributed by atoms with Gasteiger partial charge in [0.05, 0.1) is 33.9 Å². The zero-order valence-corrected chi connectivity index (χ0v) is 38.5. The highest BCUT2D eigenvalue weighted by atomic mass is 31.2. The van der Waals surface area contributed by atoms with E-state index in [2.05, 4.69) is 56.4 Å². The van der Waals surface area contributed by atoms with E-state index in [9.17, 15) is 24.2 Å². The Balaban J connectivity index is 4.61. The number of rotatable bonds is 39. The van der Waals surface area contributed by atoms with E-state index < -0.39 is 38.6 Å². The van der Waals surface area contributed by atoms with E-state index in [-0.39, 0.29) is 26.1 Å². The first-order valence-electron chi connectivity index (χ1n) is 22.4. The maximum absolute atomic E-state index is 12.7. The number of likely N-dealkylation sites (N-methyl/N-ethyl adjacent to an activating group) is 1. The van der Waals surface area contributed by atoms with Crippen LogP contribution in [0.25, 0.3) is 0 Å². The molecule has 0 aliphatic heterocycles. The highest BCUT2D eigenvalue weighted by molar-refractivity contribution is 7.47. The van der Waals surface area contributed by atoms with E-state index in [0.717, 1.165) is 38.5 Å². The van der Waals surface area contributed by atoms with Crippen molar-refractivity contribution < 1.29 is 47.2 Å². The summed E-state index contributed by atoms with van der Waals surface area (Å²) in [4.78, 5) is 35.3. The number of unbranched alkanes of at least 4 members (excludes halogenated alkanes) is 11. The minimum atomic E-state index is -4.42. The normalized spacial score (nSPS) is 14.9. The minimum Gasteiger partial charge on any atom is -0.462 e. The summed E-state index contributed by atoms with van der Waals surface area (Å²) in [5.41, 5.74) is 0. The second-order valence-electron chi connectivity index (χ2n) is 15.9. The van der Waals surface area contributed by atoms with Gasteiger partial charge in [0.1, 0.15) is 19.8 Å². The van der Waals surface area contributed by atoms with Gasteiger partial charge in [-0.2, -0.15) is 0 Å². The van der Waals surface area contributed by atoms with Crippen molar-refractivity contribution in [1.29, 1.82) is 0 Å². The quantitative estimate of drug-likeness (QED) is 0.0155. The van der Waals surface area contributed by atoms with Gasteiger partial charge in [0, 0.05) is 12.8 Å². The lowest BCUT2D eigenvalue weighted by atomic mass is 10.1. The number of carbonyl (C=O) groups is 2. The van der Waals surface area contributed by atoms with Crippen molar-refractivity contribution in [1.82, 2.24) is 0 Å². The summed E-state index contributed by atoms with van der Waals surface area (Å²) in [6.45, 7) is 4.15. The Hall–Kier alpha value is -2.85. The third-order valence-corrected chi connectivity index (χ3v) is 9.96. The largest absolute Gasteiger partial charge is 0.472 e. The summed E-state index contributed by atoms with van der Waals surface area (Å²) in [7, 11) is 1.36. The minimum absolute atomic E-state index is 0.00158. The van der Waals surface area contributed by atoms with Crippen LogP contribution in [0.4, 0.5) is 0 Å². The Morgan fingerprint density at radius 1 is 0.610 bits per heavy atom. The van der Waals surface area contributed by atoms with Crippen molar-refractivity contribution in [2.75, 3.05) is 47.5 Å². The van der Waals surface area contributed by atoms with Crippen molar-refractivity contribution in [3.8, 4) is 0 Å². The SMILES string of the molecule is CCCCC/C=C\C[C@H](O)/C=C/C=C\C/C=C\CCCC(=O)O[C@H](COC(=O)CCC/C=C\C/C=C\C/C=C\CCCCCCCC)COP(=O)(O)OCC[N+](C)(C)C. The maximum atomic E-state index is 12.7. The van der Waals surface area contributed by atoms with Crippen molar-refractivity contribution in [3.63, 3.8) is 0 Å². The summed E-state index contributed by atoms with van der Waals surface area (Å²) < 4.78 is 34.1. The predicted octanol–water partition coefficient (Wildman–Crippen LogP) is 11.8. The topological polar surface area (TPSA) is 129 Å². The molecule has 0 heterocycles. The van der Waals surface area contributed by atoms with Crippen LogP contribution in [-0.2, 0) is 32.7 Å². The predicted molar refractivity (Wildman–Crippen MR) is 244 cm³/mol. The number of hydrogen-bond acceptors (Lipinski definition) is 8. The number of nitrogens with zero attached hydrogens (tertiary/aromatic N) is 1. The first kappa shape index (κ1) is 56.1. The molecule has 0 saturated carbocycles. The molecule has 0 aliphatic rings. The number of phosphoric acid groups is 1. The summed E-state index contributed by atoms with van der Waals surface area (Å²) in [6.07, 6.45) is 46.8. The zero-order valence-electron chi connectivity index (χ0n) is 37.6. The van der Waals surface area contributed by atoms with Gasteiger partial charge in [-0.15, -0.1) is 0 Å². The van der Waals surface area contributed by atoms with Crippen LogP contribution in [0.15, 0.2) is 85.1 Å². The first-order valence-corrected chi connectivity index (χ1v) is 23.9. The van der Waals surface area contributed by atoms with Crippen LogP contribution >= 0.6 is 7.82 Å². The van der Waals surface area contributed by atoms with Gasteiger partial charge < -0.3 is 24.0 Å². The molecule has 2 N–H and O–H groups in total. The molecule has 0 rings (SSSR count). The highest BCUT2D eigenvalue weighted by Gasteiger charge is 2.27. The van der Waals surface area contributed by atoms with Gasteiger partial charge in [0.15, 0.2) is 6.10 Å². The van der Waals surface area contributed by atoms with Gasteiger partial charge in [-0.1, -0.05) is 144 Å². The van der Waals surface area contributed by atoms with Gasteiger partial charge in [-0.05, 0) is 77.0 Å². The second-order valence-corrected chi connectivity index (χ2v) is 17.4. The van der Waals surface area contributed by atoms with E-state index in [1.807, 2.05) is 57.6 Å². The Labute approximate surface area is 359 Å². The molecule has 3 atom stereocenters. The number of aliphatic hydroxyl groups is 1. The maximum Gasteiger partial charge on any atom is 0.472 e. The van der Waals surface area contributed by atoms with Gasteiger partial charge >= 0.3 is 19.8 Å². The number of carbonyl (C=O) groups excluding carboxylic acids is 2. The number of phosphoric ester groups is 1. The van der Waals surface area contributed by atoms with Crippen LogP contribution < -0.4 is 0 Å². The molecule has 0 aromatic carbocycles. The van der Waals surface area contributed by atoms with E-state index >= 15 is 0 Å². The van der Waals surface area contributed by atoms with Crippen LogP contribution in [-0.4, -0.2) is 86.1 Å². The molecule has 1 unspecified atom stereocenters. The Morgan fingerprint density at radius 2 is 1.12 bits per heavy atom. The highest BCUT2D eigenvalue weighted by Crippen LogP contribution is 2.43. The smallest absolute Gasteiger partial charge is 0.462 e. The van der Waals surface area contributed by atoms with Crippen molar-refractivity contribution >= 4 is 19.8 Å². The van der Waals surface area contributed by atoms with Crippen molar-refractivity contribution in [2.45, 2.75) is 161 Å². The van der Waals surface area contributed by atoms with E-state index in [1.165, 1.54) is 57.8 Å². The number of esters is 2. The van der Waals surface area contributed by atoms with Gasteiger partial charge in [0.25, 0.3) is 0 Å². The molecule has 338 valence electrons. The van der Waals surface area contributed by atoms with E-state index in [1.54, 1.807) is 6.08 Å². The van der Waals surface area contributed by atoms with Gasteiger partial charge in [-0.3, -0.25) is 18.6 Å². The molecule has 11 heteroatoms. The summed E-state index contributed by atoms with van der Waals surface area (Å²) in [5, 5.41) is 10.1. The van der Waals surface area contributed by atoms with Crippen LogP contribution in [0.1, 0.15) is 149 Å². The van der Waals surface area contributed by atoms with Gasteiger partial charge in [-0.25, -0.2) is 4.57 Å². The number of ether oxygens (including phenoxy) is 2. The second kappa shape index (κ2) is 39.3.